The molecule has 5 rings (SSSR count). The third kappa shape index (κ3) is 6.04. The molecule has 4 aliphatic heterocycles. The number of morpholine rings is 1. The molecule has 18 heteroatoms. The smallest absolute Gasteiger partial charge is 0.430 e. The molecule has 4 aliphatic rings. The minimum Gasteiger partial charge on any atom is -0.430 e. The summed E-state index contributed by atoms with van der Waals surface area (Å²) in [7, 11) is 0. The van der Waals surface area contributed by atoms with Crippen LogP contribution in [0.25, 0.3) is 0 Å². The third-order valence-electron chi connectivity index (χ3n) is 6.44. The van der Waals surface area contributed by atoms with Crippen LogP contribution in [0.2, 0.25) is 0 Å². The molecule has 0 spiro atoms. The zero-order valence-electron chi connectivity index (χ0n) is 21.8. The number of amides is 2. The van der Waals surface area contributed by atoms with Crippen LogP contribution in [0.3, 0.4) is 0 Å². The first kappa shape index (κ1) is 28.9. The van der Waals surface area contributed by atoms with Crippen molar-refractivity contribution in [3.05, 3.63) is 35.8 Å². The van der Waals surface area contributed by atoms with Crippen molar-refractivity contribution < 1.29 is 43.0 Å². The molecule has 3 saturated heterocycles. The van der Waals surface area contributed by atoms with Crippen LogP contribution in [0.4, 0.5) is 9.59 Å². The Morgan fingerprint density at radius 1 is 1.10 bits per heavy atom. The van der Waals surface area contributed by atoms with Gasteiger partial charge in [-0.3, -0.25) is 14.5 Å². The minimum atomic E-state index is -1.05. The number of hydrogen-bond donors (Lipinski definition) is 0. The number of hydroxylamine groups is 2. The van der Waals surface area contributed by atoms with E-state index >= 15 is 0 Å². The molecule has 2 amide bonds. The van der Waals surface area contributed by atoms with Gasteiger partial charge in [0.15, 0.2) is 6.04 Å². The molecule has 0 aliphatic carbocycles. The number of hydrogen-bond acceptors (Lipinski definition) is 15. The summed E-state index contributed by atoms with van der Waals surface area (Å²) in [5, 5.41) is 13.3. The summed E-state index contributed by atoms with van der Waals surface area (Å²) >= 11 is 2.57. The fourth-order valence-electron chi connectivity index (χ4n) is 4.61. The average molecular weight is 610 g/mol. The number of rotatable bonds is 11. The van der Waals surface area contributed by atoms with Gasteiger partial charge in [-0.1, -0.05) is 37.1 Å². The molecule has 3 atom stereocenters. The molecule has 1 aromatic heterocycles. The first-order chi connectivity index (χ1) is 19.9. The normalized spacial score (nSPS) is 23.4. The van der Waals surface area contributed by atoms with Crippen LogP contribution >= 0.6 is 23.5 Å². The summed E-state index contributed by atoms with van der Waals surface area (Å²) in [5.74, 6) is -0.147. The SMILES string of the molecule is C=CCOC(=O)OC1C(CSc2nnnn2CC(=O)N2CCOCC2)=C2SCN(OC(=O)OCC=C)[C@@H]3C(=O)N1[C@H]23. The van der Waals surface area contributed by atoms with Crippen molar-refractivity contribution in [2.24, 2.45) is 0 Å². The van der Waals surface area contributed by atoms with Crippen molar-refractivity contribution in [1.82, 2.24) is 35.1 Å². The van der Waals surface area contributed by atoms with Crippen LogP contribution in [0, 0.1) is 0 Å². The number of β-lactam (4-membered cyclic amide) rings is 1. The summed E-state index contributed by atoms with van der Waals surface area (Å²) in [4.78, 5) is 59.5. The van der Waals surface area contributed by atoms with E-state index in [4.69, 9.17) is 23.8 Å². The second-order valence-electron chi connectivity index (χ2n) is 8.88. The number of aromatic nitrogens is 4. The largest absolute Gasteiger partial charge is 0.528 e. The number of thioether (sulfide) groups is 2. The maximum Gasteiger partial charge on any atom is 0.528 e. The Labute approximate surface area is 242 Å². The summed E-state index contributed by atoms with van der Waals surface area (Å²) in [5.41, 5.74) is 0.638. The zero-order chi connectivity index (χ0) is 28.9. The highest BCUT2D eigenvalue weighted by Crippen LogP contribution is 2.51. The highest BCUT2D eigenvalue weighted by atomic mass is 32.2. The second-order valence-corrected chi connectivity index (χ2v) is 10.8. The van der Waals surface area contributed by atoms with Gasteiger partial charge in [0, 0.05) is 29.3 Å². The van der Waals surface area contributed by atoms with E-state index in [2.05, 4.69) is 28.7 Å². The van der Waals surface area contributed by atoms with Crippen molar-refractivity contribution in [3.8, 4) is 0 Å². The number of carbonyl (C=O) groups is 4. The molecule has 0 radical (unpaired) electrons. The summed E-state index contributed by atoms with van der Waals surface area (Å²) in [6, 6.07) is -1.32. The zero-order valence-corrected chi connectivity index (χ0v) is 23.4. The Kier molecular flexibility index (Phi) is 9.11. The van der Waals surface area contributed by atoms with Gasteiger partial charge in [-0.05, 0) is 10.4 Å². The van der Waals surface area contributed by atoms with Gasteiger partial charge in [0.05, 0.1) is 25.1 Å². The van der Waals surface area contributed by atoms with Crippen LogP contribution < -0.4 is 0 Å². The molecule has 5 heterocycles. The lowest BCUT2D eigenvalue weighted by molar-refractivity contribution is -0.206. The van der Waals surface area contributed by atoms with Gasteiger partial charge >= 0.3 is 12.3 Å². The summed E-state index contributed by atoms with van der Waals surface area (Å²) < 4.78 is 22.1. The molecular formula is C23H27N7O9S2. The van der Waals surface area contributed by atoms with E-state index in [9.17, 15) is 19.2 Å². The van der Waals surface area contributed by atoms with Crippen molar-refractivity contribution in [2.45, 2.75) is 30.0 Å². The molecule has 16 nitrogen and oxygen atoms in total. The molecule has 1 aromatic rings. The lowest BCUT2D eigenvalue weighted by Gasteiger charge is -2.50. The minimum absolute atomic E-state index is 0.0409. The lowest BCUT2D eigenvalue weighted by atomic mass is 9.97. The van der Waals surface area contributed by atoms with Crippen molar-refractivity contribution in [1.29, 1.82) is 0 Å². The predicted octanol–water partition coefficient (Wildman–Crippen LogP) is 0.397. The third-order valence-corrected chi connectivity index (χ3v) is 8.65. The van der Waals surface area contributed by atoms with Crippen LogP contribution in [0.1, 0.15) is 0 Å². The first-order valence-electron chi connectivity index (χ1n) is 12.5. The average Bonchev–Trinajstić information content (AvgIpc) is 3.53. The Hall–Kier alpha value is -3.61. The van der Waals surface area contributed by atoms with Crippen molar-refractivity contribution >= 4 is 47.6 Å². The first-order valence-corrected chi connectivity index (χ1v) is 14.5. The van der Waals surface area contributed by atoms with Crippen LogP contribution in [-0.2, 0) is 39.9 Å². The Morgan fingerprint density at radius 3 is 2.56 bits per heavy atom. The van der Waals surface area contributed by atoms with Crippen LogP contribution in [0.5, 0.6) is 0 Å². The molecule has 1 unspecified atom stereocenters. The van der Waals surface area contributed by atoms with Crippen LogP contribution in [-0.4, -0.2) is 129 Å². The highest BCUT2D eigenvalue weighted by molar-refractivity contribution is 8.03. The van der Waals surface area contributed by atoms with Crippen molar-refractivity contribution in [2.75, 3.05) is 51.1 Å². The van der Waals surface area contributed by atoms with E-state index in [1.807, 2.05) is 0 Å². The van der Waals surface area contributed by atoms with E-state index in [1.165, 1.54) is 50.3 Å². The number of ether oxygens (including phenoxy) is 4. The summed E-state index contributed by atoms with van der Waals surface area (Å²) in [6.45, 7) is 8.78. The molecule has 0 N–H and O–H groups in total. The lowest BCUT2D eigenvalue weighted by Crippen LogP contribution is -2.72. The van der Waals surface area contributed by atoms with Crippen LogP contribution in [0.15, 0.2) is 40.9 Å². The maximum absolute atomic E-state index is 13.2. The van der Waals surface area contributed by atoms with E-state index < -0.39 is 36.5 Å². The Balaban J connectivity index is 1.31. The van der Waals surface area contributed by atoms with Gasteiger partial charge in [0.1, 0.15) is 19.8 Å². The van der Waals surface area contributed by atoms with Crippen molar-refractivity contribution in [3.63, 3.8) is 0 Å². The highest BCUT2D eigenvalue weighted by Gasteiger charge is 2.64. The quantitative estimate of drug-likeness (QED) is 0.146. The fourth-order valence-corrected chi connectivity index (χ4v) is 6.88. The standard InChI is InChI=1S/C23H27N7O9S2/c1-3-7-36-22(33)38-20-14(12-40-21-24-25-26-28(21)11-15(31)27-5-9-35-10-6-27)18-16-17(19(32)30(16)20)29(13-41-18)39-23(34)37-8-4-2/h3-4,16-17,20H,1-2,5-13H2/t16-,17-,20?/m0/s1. The monoisotopic (exact) mass is 609 g/mol. The maximum atomic E-state index is 13.2. The summed E-state index contributed by atoms with van der Waals surface area (Å²) in [6.07, 6.45) is -0.197. The number of nitrogens with zero attached hydrogens (tertiary/aromatic N) is 7. The van der Waals surface area contributed by atoms with Gasteiger partial charge < -0.3 is 28.7 Å². The van der Waals surface area contributed by atoms with E-state index in [1.54, 1.807) is 4.90 Å². The van der Waals surface area contributed by atoms with Gasteiger partial charge in [-0.25, -0.2) is 14.3 Å². The van der Waals surface area contributed by atoms with E-state index in [0.29, 0.717) is 37.0 Å². The Morgan fingerprint density at radius 2 is 1.83 bits per heavy atom. The predicted molar refractivity (Wildman–Crippen MR) is 141 cm³/mol. The molecular weight excluding hydrogens is 582 g/mol. The van der Waals surface area contributed by atoms with Gasteiger partial charge in [-0.15, -0.1) is 21.9 Å². The van der Waals surface area contributed by atoms with Gasteiger partial charge in [-0.2, -0.15) is 0 Å². The topological polar surface area (TPSA) is 168 Å². The van der Waals surface area contributed by atoms with E-state index in [0.717, 1.165) is 4.91 Å². The van der Waals surface area contributed by atoms with Gasteiger partial charge in [0.25, 0.3) is 0 Å². The second kappa shape index (κ2) is 12.9. The fraction of sp³-hybridized carbons (Fsp3) is 0.522. The molecule has 0 aromatic carbocycles. The molecule has 220 valence electrons. The molecule has 0 saturated carbocycles. The molecule has 0 bridgehead atoms. The number of tetrazole rings is 1. The molecule has 41 heavy (non-hydrogen) atoms. The number of carbonyl (C=O) groups excluding carboxylic acids is 4. The van der Waals surface area contributed by atoms with E-state index in [-0.39, 0.29) is 37.3 Å². The Bertz CT molecular complexity index is 1250. The van der Waals surface area contributed by atoms with Gasteiger partial charge in [0.2, 0.25) is 23.2 Å². The molecule has 3 fully saturated rings.